The van der Waals surface area contributed by atoms with Gasteiger partial charge < -0.3 is 29.7 Å². The third-order valence-corrected chi connectivity index (χ3v) is 11.1. The molecule has 0 bridgehead atoms. The van der Waals surface area contributed by atoms with Gasteiger partial charge in [-0.3, -0.25) is 24.2 Å². The van der Waals surface area contributed by atoms with Gasteiger partial charge in [-0.1, -0.05) is 71.7 Å². The molecule has 13 heteroatoms. The van der Waals surface area contributed by atoms with Crippen LogP contribution in [0.25, 0.3) is 0 Å². The molecule has 0 saturated heterocycles. The van der Waals surface area contributed by atoms with E-state index < -0.39 is 24.1 Å². The molecule has 3 heterocycles. The van der Waals surface area contributed by atoms with Crippen molar-refractivity contribution in [2.24, 2.45) is 0 Å². The van der Waals surface area contributed by atoms with E-state index >= 15 is 0 Å². The van der Waals surface area contributed by atoms with Crippen molar-refractivity contribution in [3.05, 3.63) is 177 Å². The number of carbonyl (C=O) groups excluding carboxylic acids is 4. The molecule has 0 saturated carbocycles. The van der Waals surface area contributed by atoms with Crippen LogP contribution in [-0.2, 0) is 40.4 Å². The van der Waals surface area contributed by atoms with Crippen molar-refractivity contribution in [3.8, 4) is 23.0 Å². The topological polar surface area (TPSA) is 136 Å². The molecule has 2 aliphatic heterocycles. The SMILES string of the molecule is CC(=O)[C@H](Cc1ccc(Oc2ccncc2)cc1)NC(=O)[C@@H]1Cc2cc3c(cc2CN1C(=O)c1ccccc1)OC(c1ccc(OCc2ccc(Cl)c(Cl)c2)cc1)C(=O)N3. The first-order chi connectivity index (χ1) is 29.1. The first kappa shape index (κ1) is 40.1. The summed E-state index contributed by atoms with van der Waals surface area (Å²) in [6, 6.07) is 33.7. The van der Waals surface area contributed by atoms with Crippen LogP contribution in [-0.4, -0.2) is 45.5 Å². The van der Waals surface area contributed by atoms with Crippen LogP contribution in [0, 0.1) is 0 Å². The van der Waals surface area contributed by atoms with E-state index in [2.05, 4.69) is 15.6 Å². The molecule has 6 aromatic rings. The van der Waals surface area contributed by atoms with Crippen molar-refractivity contribution in [3.63, 3.8) is 0 Å². The molecular weight excluding hydrogens is 803 g/mol. The van der Waals surface area contributed by atoms with Gasteiger partial charge in [0.15, 0.2) is 5.78 Å². The van der Waals surface area contributed by atoms with E-state index in [4.69, 9.17) is 37.4 Å². The molecule has 2 aliphatic rings. The Kier molecular flexibility index (Phi) is 11.8. The number of amides is 3. The zero-order valence-corrected chi connectivity index (χ0v) is 33.8. The molecule has 3 atom stereocenters. The van der Waals surface area contributed by atoms with Crippen LogP contribution >= 0.6 is 23.2 Å². The Hall–Kier alpha value is -6.69. The third-order valence-electron chi connectivity index (χ3n) is 10.4. The van der Waals surface area contributed by atoms with E-state index in [1.165, 1.54) is 11.8 Å². The first-order valence-corrected chi connectivity index (χ1v) is 20.0. The number of ether oxygens (including phenoxy) is 3. The smallest absolute Gasteiger partial charge is 0.270 e. The highest BCUT2D eigenvalue weighted by atomic mass is 35.5. The van der Waals surface area contributed by atoms with E-state index in [1.807, 2.05) is 30.3 Å². The second-order valence-electron chi connectivity index (χ2n) is 14.5. The summed E-state index contributed by atoms with van der Waals surface area (Å²) in [5.74, 6) is 0.880. The van der Waals surface area contributed by atoms with E-state index in [0.29, 0.717) is 49.9 Å². The zero-order chi connectivity index (χ0) is 41.8. The molecule has 1 aromatic heterocycles. The predicted octanol–water partition coefficient (Wildman–Crippen LogP) is 8.72. The lowest BCUT2D eigenvalue weighted by Gasteiger charge is -2.38. The number of fused-ring (bicyclic) bond motifs is 2. The molecule has 5 aromatic carbocycles. The lowest BCUT2D eigenvalue weighted by Crippen LogP contribution is -2.55. The van der Waals surface area contributed by atoms with Crippen LogP contribution in [0.3, 0.4) is 0 Å². The highest BCUT2D eigenvalue weighted by molar-refractivity contribution is 6.42. The number of rotatable bonds is 12. The summed E-state index contributed by atoms with van der Waals surface area (Å²) in [4.78, 5) is 60.2. The molecule has 302 valence electrons. The summed E-state index contributed by atoms with van der Waals surface area (Å²) in [5.41, 5.74) is 4.68. The minimum absolute atomic E-state index is 0.0882. The number of benzene rings is 5. The van der Waals surface area contributed by atoms with Gasteiger partial charge in [0, 0.05) is 36.5 Å². The van der Waals surface area contributed by atoms with Crippen LogP contribution in [0.5, 0.6) is 23.0 Å². The third kappa shape index (κ3) is 9.12. The van der Waals surface area contributed by atoms with Gasteiger partial charge in [0.25, 0.3) is 11.8 Å². The van der Waals surface area contributed by atoms with Gasteiger partial charge in [0.2, 0.25) is 12.0 Å². The van der Waals surface area contributed by atoms with Crippen LogP contribution < -0.4 is 24.8 Å². The lowest BCUT2D eigenvalue weighted by atomic mass is 9.91. The Balaban J connectivity index is 0.985. The Morgan fingerprint density at radius 2 is 1.53 bits per heavy atom. The number of hydrogen-bond acceptors (Lipinski definition) is 8. The minimum Gasteiger partial charge on any atom is -0.489 e. The number of nitrogens with one attached hydrogen (secondary N) is 2. The standard InChI is InChI=1S/C47H38Cl2N4O7/c1-28(54)40(22-29-7-12-36(13-8-29)59-37-17-19-50-20-18-37)51-45(55)42-24-33-23-41-43(25-34(33)26-53(42)47(57)32-5-3-2-4-6-32)60-44(46(56)52-41)31-10-14-35(15-11-31)58-27-30-9-16-38(48)39(49)21-30/h2-21,23,25,40,42,44H,22,24,26-27H2,1H3,(H,51,55)(H,52,56)/t40-,42-,44?/m0/s1. The largest absolute Gasteiger partial charge is 0.489 e. The van der Waals surface area contributed by atoms with Crippen molar-refractivity contribution in [2.75, 3.05) is 5.32 Å². The summed E-state index contributed by atoms with van der Waals surface area (Å²) in [6.45, 7) is 1.79. The van der Waals surface area contributed by atoms with Crippen LogP contribution in [0.4, 0.5) is 5.69 Å². The maximum atomic E-state index is 14.2. The van der Waals surface area contributed by atoms with Gasteiger partial charge >= 0.3 is 0 Å². The summed E-state index contributed by atoms with van der Waals surface area (Å²) >= 11 is 12.2. The highest BCUT2D eigenvalue weighted by Crippen LogP contribution is 2.40. The number of ketones is 1. The fourth-order valence-corrected chi connectivity index (χ4v) is 7.50. The molecule has 2 N–H and O–H groups in total. The minimum atomic E-state index is -0.952. The maximum absolute atomic E-state index is 14.2. The van der Waals surface area contributed by atoms with E-state index in [0.717, 1.165) is 22.3 Å². The number of Topliss-reactive ketones (excluding diaryl/α,β-unsaturated/α-hetero) is 1. The number of halogens is 2. The summed E-state index contributed by atoms with van der Waals surface area (Å²) in [7, 11) is 0. The quantitative estimate of drug-likeness (QED) is 0.125. The van der Waals surface area contributed by atoms with Gasteiger partial charge in [0.1, 0.15) is 35.6 Å². The van der Waals surface area contributed by atoms with Gasteiger partial charge in [0.05, 0.1) is 21.8 Å². The summed E-state index contributed by atoms with van der Waals surface area (Å²) < 4.78 is 18.1. The van der Waals surface area contributed by atoms with Gasteiger partial charge in [-0.2, -0.15) is 0 Å². The second-order valence-corrected chi connectivity index (χ2v) is 15.3. The normalized spacial score (nSPS) is 16.0. The molecule has 11 nitrogen and oxygen atoms in total. The fraction of sp³-hybridized carbons (Fsp3) is 0.170. The molecule has 3 amide bonds. The number of pyridine rings is 1. The maximum Gasteiger partial charge on any atom is 0.270 e. The Bertz CT molecular complexity index is 2560. The van der Waals surface area contributed by atoms with Crippen LogP contribution in [0.15, 0.2) is 134 Å². The van der Waals surface area contributed by atoms with Crippen molar-refractivity contribution in [1.29, 1.82) is 0 Å². The van der Waals surface area contributed by atoms with E-state index in [9.17, 15) is 19.2 Å². The van der Waals surface area contributed by atoms with Crippen molar-refractivity contribution >= 4 is 52.4 Å². The molecule has 0 aliphatic carbocycles. The molecular formula is C47H38Cl2N4O7. The predicted molar refractivity (Wildman–Crippen MR) is 227 cm³/mol. The molecule has 8 rings (SSSR count). The van der Waals surface area contributed by atoms with E-state index in [1.54, 1.807) is 103 Å². The average molecular weight is 842 g/mol. The lowest BCUT2D eigenvalue weighted by molar-refractivity contribution is -0.130. The Morgan fingerprint density at radius 3 is 2.25 bits per heavy atom. The van der Waals surface area contributed by atoms with Gasteiger partial charge in [-0.05, 0) is 108 Å². The number of nitrogens with zero attached hydrogens (tertiary/aromatic N) is 2. The van der Waals surface area contributed by atoms with Crippen molar-refractivity contribution < 1.29 is 33.4 Å². The average Bonchev–Trinajstić information content (AvgIpc) is 3.26. The van der Waals surface area contributed by atoms with Crippen molar-refractivity contribution in [1.82, 2.24) is 15.2 Å². The van der Waals surface area contributed by atoms with Gasteiger partial charge in [-0.25, -0.2) is 0 Å². The second kappa shape index (κ2) is 17.7. The highest BCUT2D eigenvalue weighted by Gasteiger charge is 2.38. The molecule has 0 fully saturated rings. The monoisotopic (exact) mass is 840 g/mol. The first-order valence-electron chi connectivity index (χ1n) is 19.2. The molecule has 60 heavy (non-hydrogen) atoms. The fourth-order valence-electron chi connectivity index (χ4n) is 7.17. The van der Waals surface area contributed by atoms with Gasteiger partial charge in [-0.15, -0.1) is 0 Å². The molecule has 1 unspecified atom stereocenters. The van der Waals surface area contributed by atoms with Crippen molar-refractivity contribution in [2.45, 2.75) is 51.1 Å². The number of carbonyl (C=O) groups is 4. The number of hydrogen-bond donors (Lipinski definition) is 2. The van der Waals surface area contributed by atoms with E-state index in [-0.39, 0.29) is 43.6 Å². The zero-order valence-electron chi connectivity index (χ0n) is 32.3. The molecule has 0 radical (unpaired) electrons. The van der Waals surface area contributed by atoms with Crippen LogP contribution in [0.1, 0.15) is 51.2 Å². The number of aromatic nitrogens is 1. The Labute approximate surface area is 356 Å². The summed E-state index contributed by atoms with van der Waals surface area (Å²) in [6.07, 6.45) is 2.71. The Morgan fingerprint density at radius 1 is 0.833 bits per heavy atom. The molecule has 0 spiro atoms. The number of anilines is 1. The summed E-state index contributed by atoms with van der Waals surface area (Å²) in [5, 5.41) is 6.82. The van der Waals surface area contributed by atoms with Crippen LogP contribution in [0.2, 0.25) is 10.0 Å².